The summed E-state index contributed by atoms with van der Waals surface area (Å²) in [6, 6.07) is 0. The number of carbonyl (C=O) groups excluding carboxylic acids is 1. The predicted molar refractivity (Wildman–Crippen MR) is 90.4 cm³/mol. The lowest BCUT2D eigenvalue weighted by atomic mass is 10.2. The minimum absolute atomic E-state index is 0.0538. The lowest BCUT2D eigenvalue weighted by Crippen LogP contribution is -2.20. The Morgan fingerprint density at radius 2 is 1.65 bits per heavy atom. The molecule has 2 atom stereocenters. The van der Waals surface area contributed by atoms with Crippen molar-refractivity contribution in [3.63, 3.8) is 0 Å². The molecule has 1 aliphatic rings. The minimum atomic E-state index is -0.116. The maximum absolute atomic E-state index is 11.1. The van der Waals surface area contributed by atoms with E-state index >= 15 is 0 Å². The van der Waals surface area contributed by atoms with E-state index in [1.807, 2.05) is 13.8 Å². The van der Waals surface area contributed by atoms with Gasteiger partial charge in [0.15, 0.2) is 6.29 Å². The Kier molecular flexibility index (Phi) is 12.1. The van der Waals surface area contributed by atoms with Gasteiger partial charge in [0.25, 0.3) is 0 Å². The molecule has 1 rings (SSSR count). The molecule has 0 saturated carbocycles. The van der Waals surface area contributed by atoms with Gasteiger partial charge in [-0.3, -0.25) is 4.79 Å². The zero-order chi connectivity index (χ0) is 16.8. The van der Waals surface area contributed by atoms with Gasteiger partial charge >= 0.3 is 5.97 Å². The SMILES string of the molecule is CCOC(=O)CCNCCCCCCNCCC1OC1OCC. The summed E-state index contributed by atoms with van der Waals surface area (Å²) in [7, 11) is 0. The molecule has 0 spiro atoms. The van der Waals surface area contributed by atoms with E-state index < -0.39 is 0 Å². The Labute approximate surface area is 140 Å². The van der Waals surface area contributed by atoms with Gasteiger partial charge in [-0.1, -0.05) is 12.8 Å². The number of rotatable bonds is 16. The van der Waals surface area contributed by atoms with E-state index in [4.69, 9.17) is 14.2 Å². The number of nitrogens with one attached hydrogen (secondary N) is 2. The molecule has 6 nitrogen and oxygen atoms in total. The van der Waals surface area contributed by atoms with Crippen LogP contribution in [0, 0.1) is 0 Å². The first-order valence-electron chi connectivity index (χ1n) is 9.12. The van der Waals surface area contributed by atoms with Gasteiger partial charge in [-0.05, 0) is 52.7 Å². The largest absolute Gasteiger partial charge is 0.466 e. The highest BCUT2D eigenvalue weighted by Gasteiger charge is 2.38. The Bertz CT molecular complexity index is 302. The number of esters is 1. The highest BCUT2D eigenvalue weighted by atomic mass is 16.8. The average Bonchev–Trinajstić information content (AvgIpc) is 3.27. The molecular formula is C17H34N2O4. The summed E-state index contributed by atoms with van der Waals surface area (Å²) in [5, 5.41) is 6.73. The van der Waals surface area contributed by atoms with Crippen LogP contribution in [-0.4, -0.2) is 57.8 Å². The van der Waals surface area contributed by atoms with Crippen LogP contribution in [0.5, 0.6) is 0 Å². The quantitative estimate of drug-likeness (QED) is 0.256. The fourth-order valence-corrected chi connectivity index (χ4v) is 2.41. The second-order valence-electron chi connectivity index (χ2n) is 5.76. The van der Waals surface area contributed by atoms with E-state index in [1.54, 1.807) is 0 Å². The molecule has 6 heteroatoms. The van der Waals surface area contributed by atoms with E-state index in [1.165, 1.54) is 19.3 Å². The number of hydrogen-bond acceptors (Lipinski definition) is 6. The van der Waals surface area contributed by atoms with Gasteiger partial charge in [0.1, 0.15) is 6.10 Å². The lowest BCUT2D eigenvalue weighted by Gasteiger charge is -2.05. The molecule has 2 N–H and O–H groups in total. The molecule has 0 amide bonds. The lowest BCUT2D eigenvalue weighted by molar-refractivity contribution is -0.142. The smallest absolute Gasteiger partial charge is 0.307 e. The molecule has 2 unspecified atom stereocenters. The molecule has 136 valence electrons. The third-order valence-electron chi connectivity index (χ3n) is 3.74. The van der Waals surface area contributed by atoms with Crippen LogP contribution in [0.3, 0.4) is 0 Å². The summed E-state index contributed by atoms with van der Waals surface area (Å²) in [6.07, 6.45) is 6.71. The first-order chi connectivity index (χ1) is 11.3. The summed E-state index contributed by atoms with van der Waals surface area (Å²) in [5.74, 6) is -0.116. The summed E-state index contributed by atoms with van der Waals surface area (Å²) < 4.78 is 15.6. The average molecular weight is 330 g/mol. The van der Waals surface area contributed by atoms with E-state index in [0.29, 0.717) is 25.7 Å². The van der Waals surface area contributed by atoms with Crippen LogP contribution in [0.4, 0.5) is 0 Å². The number of hydrogen-bond donors (Lipinski definition) is 2. The molecule has 1 saturated heterocycles. The Morgan fingerprint density at radius 1 is 0.957 bits per heavy atom. The maximum Gasteiger partial charge on any atom is 0.307 e. The third kappa shape index (κ3) is 11.5. The van der Waals surface area contributed by atoms with Gasteiger partial charge < -0.3 is 24.8 Å². The molecule has 0 aromatic rings. The van der Waals surface area contributed by atoms with Crippen molar-refractivity contribution in [1.82, 2.24) is 10.6 Å². The zero-order valence-electron chi connectivity index (χ0n) is 14.8. The monoisotopic (exact) mass is 330 g/mol. The van der Waals surface area contributed by atoms with Gasteiger partial charge in [0.2, 0.25) is 0 Å². The predicted octanol–water partition coefficient (Wildman–Crippen LogP) is 1.83. The maximum atomic E-state index is 11.1. The van der Waals surface area contributed by atoms with Crippen molar-refractivity contribution in [2.75, 3.05) is 39.4 Å². The van der Waals surface area contributed by atoms with Crippen LogP contribution in [-0.2, 0) is 19.0 Å². The number of carbonyl (C=O) groups is 1. The fraction of sp³-hybridized carbons (Fsp3) is 0.941. The van der Waals surface area contributed by atoms with Gasteiger partial charge in [-0.25, -0.2) is 0 Å². The van der Waals surface area contributed by atoms with Crippen LogP contribution in [0.2, 0.25) is 0 Å². The molecule has 23 heavy (non-hydrogen) atoms. The highest BCUT2D eigenvalue weighted by Crippen LogP contribution is 2.25. The van der Waals surface area contributed by atoms with Crippen LogP contribution in [0.1, 0.15) is 52.4 Å². The number of unbranched alkanes of at least 4 members (excludes halogenated alkanes) is 3. The number of epoxide rings is 1. The Balaban J connectivity index is 1.70. The third-order valence-corrected chi connectivity index (χ3v) is 3.74. The minimum Gasteiger partial charge on any atom is -0.466 e. The second-order valence-corrected chi connectivity index (χ2v) is 5.76. The van der Waals surface area contributed by atoms with Crippen molar-refractivity contribution >= 4 is 5.97 Å². The number of ether oxygens (including phenoxy) is 3. The van der Waals surface area contributed by atoms with Gasteiger partial charge in [0.05, 0.1) is 13.0 Å². The van der Waals surface area contributed by atoms with Crippen molar-refractivity contribution in [3.8, 4) is 0 Å². The topological polar surface area (TPSA) is 72.1 Å². The molecule has 0 aromatic carbocycles. The van der Waals surface area contributed by atoms with Crippen molar-refractivity contribution in [3.05, 3.63) is 0 Å². The molecule has 1 fully saturated rings. The van der Waals surface area contributed by atoms with Crippen molar-refractivity contribution < 1.29 is 19.0 Å². The first kappa shape index (κ1) is 20.4. The van der Waals surface area contributed by atoms with Crippen molar-refractivity contribution in [2.24, 2.45) is 0 Å². The zero-order valence-corrected chi connectivity index (χ0v) is 14.8. The molecular weight excluding hydrogens is 296 g/mol. The van der Waals surface area contributed by atoms with E-state index in [2.05, 4.69) is 10.6 Å². The Hall–Kier alpha value is -0.690. The van der Waals surface area contributed by atoms with E-state index in [-0.39, 0.29) is 12.3 Å². The fourth-order valence-electron chi connectivity index (χ4n) is 2.41. The van der Waals surface area contributed by atoms with Crippen LogP contribution in [0.25, 0.3) is 0 Å². The summed E-state index contributed by atoms with van der Waals surface area (Å²) in [6.45, 7) is 8.79. The van der Waals surface area contributed by atoms with Crippen LogP contribution in [0.15, 0.2) is 0 Å². The second kappa shape index (κ2) is 13.7. The van der Waals surface area contributed by atoms with Crippen LogP contribution >= 0.6 is 0 Å². The molecule has 1 heterocycles. The van der Waals surface area contributed by atoms with Gasteiger partial charge in [-0.2, -0.15) is 0 Å². The summed E-state index contributed by atoms with van der Waals surface area (Å²) in [5.41, 5.74) is 0. The summed E-state index contributed by atoms with van der Waals surface area (Å²) in [4.78, 5) is 11.1. The Morgan fingerprint density at radius 3 is 2.30 bits per heavy atom. The highest BCUT2D eigenvalue weighted by molar-refractivity contribution is 5.69. The molecule has 0 aliphatic carbocycles. The van der Waals surface area contributed by atoms with Gasteiger partial charge in [-0.15, -0.1) is 0 Å². The molecule has 1 aliphatic heterocycles. The summed E-state index contributed by atoms with van der Waals surface area (Å²) >= 11 is 0. The van der Waals surface area contributed by atoms with Crippen LogP contribution < -0.4 is 10.6 Å². The van der Waals surface area contributed by atoms with Gasteiger partial charge in [0, 0.05) is 13.2 Å². The molecule has 0 aromatic heterocycles. The standard InChI is InChI=1S/C17H34N2O4/c1-3-21-16(20)10-14-19-12-8-6-5-7-11-18-13-9-15-17(23-15)22-4-2/h15,17-19H,3-14H2,1-2H3. The first-order valence-corrected chi connectivity index (χ1v) is 9.12. The molecule has 0 radical (unpaired) electrons. The normalized spacial score (nSPS) is 19.7. The molecule has 0 bridgehead atoms. The van der Waals surface area contributed by atoms with E-state index in [0.717, 1.165) is 39.1 Å². The van der Waals surface area contributed by atoms with E-state index in [9.17, 15) is 4.79 Å². The van der Waals surface area contributed by atoms with Crippen molar-refractivity contribution in [2.45, 2.75) is 64.8 Å². The van der Waals surface area contributed by atoms with Crippen molar-refractivity contribution in [1.29, 1.82) is 0 Å².